The molecule has 1 aliphatic rings. The molecule has 3 aromatic rings. The highest BCUT2D eigenvalue weighted by atomic mass is 32.2. The van der Waals surface area contributed by atoms with Crippen molar-refractivity contribution in [1.29, 1.82) is 0 Å². The highest BCUT2D eigenvalue weighted by Gasteiger charge is 2.34. The van der Waals surface area contributed by atoms with E-state index >= 15 is 0 Å². The van der Waals surface area contributed by atoms with Crippen molar-refractivity contribution in [3.63, 3.8) is 0 Å². The summed E-state index contributed by atoms with van der Waals surface area (Å²) in [5.41, 5.74) is 0.641. The lowest BCUT2D eigenvalue weighted by atomic mass is 10.2. The van der Waals surface area contributed by atoms with Crippen LogP contribution in [-0.4, -0.2) is 46.7 Å². The summed E-state index contributed by atoms with van der Waals surface area (Å²) < 4.78 is 48.5. The Morgan fingerprint density at radius 2 is 2.04 bits per heavy atom. The maximum Gasteiger partial charge on any atom is 0.243 e. The second-order valence-electron chi connectivity index (χ2n) is 6.55. The van der Waals surface area contributed by atoms with Gasteiger partial charge in [0.05, 0.1) is 18.0 Å². The Bertz CT molecular complexity index is 1060. The fraction of sp³-hybridized carbons (Fsp3) is 0.263. The summed E-state index contributed by atoms with van der Waals surface area (Å²) in [6.07, 6.45) is 3.17. The molecule has 0 N–H and O–H groups in total. The maximum atomic E-state index is 13.3. The van der Waals surface area contributed by atoms with Crippen molar-refractivity contribution in [2.45, 2.75) is 24.0 Å². The van der Waals surface area contributed by atoms with Gasteiger partial charge in [0.1, 0.15) is 30.3 Å². The van der Waals surface area contributed by atoms with E-state index in [1.54, 1.807) is 47.4 Å². The van der Waals surface area contributed by atoms with Crippen LogP contribution in [0.3, 0.4) is 0 Å². The third kappa shape index (κ3) is 3.90. The number of halogens is 1. The minimum atomic E-state index is -3.69. The van der Waals surface area contributed by atoms with Gasteiger partial charge in [0.15, 0.2) is 0 Å². The van der Waals surface area contributed by atoms with Crippen molar-refractivity contribution in [2.75, 3.05) is 13.1 Å². The lowest BCUT2D eigenvalue weighted by molar-refractivity contribution is 0.214. The SMILES string of the molecule is O=S(=O)(c1ccccc1Cn1cncn1)N1CCC(Oc2cccc(F)c2)C1. The van der Waals surface area contributed by atoms with Crippen molar-refractivity contribution in [1.82, 2.24) is 19.1 Å². The van der Waals surface area contributed by atoms with Crippen LogP contribution in [0.15, 0.2) is 66.1 Å². The topological polar surface area (TPSA) is 77.3 Å². The van der Waals surface area contributed by atoms with Crippen LogP contribution >= 0.6 is 0 Å². The Kier molecular flexibility index (Phi) is 5.10. The molecule has 146 valence electrons. The van der Waals surface area contributed by atoms with Gasteiger partial charge >= 0.3 is 0 Å². The first-order valence-electron chi connectivity index (χ1n) is 8.85. The number of ether oxygens (including phenoxy) is 1. The largest absolute Gasteiger partial charge is 0.489 e. The van der Waals surface area contributed by atoms with E-state index in [-0.39, 0.29) is 23.4 Å². The van der Waals surface area contributed by atoms with Crippen molar-refractivity contribution in [3.05, 3.63) is 72.6 Å². The minimum absolute atomic E-state index is 0.219. The van der Waals surface area contributed by atoms with E-state index < -0.39 is 10.0 Å². The van der Waals surface area contributed by atoms with Gasteiger partial charge in [0.25, 0.3) is 0 Å². The zero-order valence-corrected chi connectivity index (χ0v) is 15.8. The molecule has 1 unspecified atom stereocenters. The van der Waals surface area contributed by atoms with E-state index in [0.29, 0.717) is 30.8 Å². The quantitative estimate of drug-likeness (QED) is 0.632. The number of aromatic nitrogens is 3. The van der Waals surface area contributed by atoms with Crippen LogP contribution < -0.4 is 4.74 Å². The Morgan fingerprint density at radius 1 is 1.18 bits per heavy atom. The summed E-state index contributed by atoms with van der Waals surface area (Å²) in [6.45, 7) is 0.878. The molecule has 9 heteroatoms. The molecule has 1 fully saturated rings. The summed E-state index contributed by atoms with van der Waals surface area (Å²) in [5.74, 6) is 0.0119. The van der Waals surface area contributed by atoms with Gasteiger partial charge in [-0.1, -0.05) is 24.3 Å². The first-order chi connectivity index (χ1) is 13.5. The Morgan fingerprint density at radius 3 is 2.82 bits per heavy atom. The second kappa shape index (κ2) is 7.69. The molecule has 2 heterocycles. The van der Waals surface area contributed by atoms with Crippen LogP contribution in [0, 0.1) is 5.82 Å². The van der Waals surface area contributed by atoms with Gasteiger partial charge in [-0.2, -0.15) is 9.40 Å². The van der Waals surface area contributed by atoms with E-state index in [2.05, 4.69) is 10.1 Å². The predicted molar refractivity (Wildman–Crippen MR) is 99.8 cm³/mol. The van der Waals surface area contributed by atoms with E-state index in [4.69, 9.17) is 4.74 Å². The molecule has 0 aliphatic carbocycles. The van der Waals surface area contributed by atoms with Crippen molar-refractivity contribution in [2.24, 2.45) is 0 Å². The number of hydrogen-bond donors (Lipinski definition) is 0. The van der Waals surface area contributed by atoms with Gasteiger partial charge in [0.2, 0.25) is 10.0 Å². The Balaban J connectivity index is 1.51. The molecule has 2 aromatic carbocycles. The summed E-state index contributed by atoms with van der Waals surface area (Å²) in [7, 11) is -3.69. The molecule has 1 aromatic heterocycles. The molecular weight excluding hydrogens is 383 g/mol. The van der Waals surface area contributed by atoms with Gasteiger partial charge in [0, 0.05) is 12.6 Å². The summed E-state index contributed by atoms with van der Waals surface area (Å²) >= 11 is 0. The first-order valence-corrected chi connectivity index (χ1v) is 10.3. The van der Waals surface area contributed by atoms with Crippen LogP contribution in [0.1, 0.15) is 12.0 Å². The molecule has 1 atom stereocenters. The average Bonchev–Trinajstić information content (AvgIpc) is 3.34. The molecule has 1 saturated heterocycles. The third-order valence-electron chi connectivity index (χ3n) is 4.60. The lowest BCUT2D eigenvalue weighted by Crippen LogP contribution is -2.31. The van der Waals surface area contributed by atoms with Crippen LogP contribution in [-0.2, 0) is 16.6 Å². The molecule has 7 nitrogen and oxygen atoms in total. The van der Waals surface area contributed by atoms with E-state index in [9.17, 15) is 12.8 Å². The number of rotatable bonds is 6. The summed E-state index contributed by atoms with van der Waals surface area (Å²) in [5, 5.41) is 4.04. The number of benzene rings is 2. The smallest absolute Gasteiger partial charge is 0.243 e. The van der Waals surface area contributed by atoms with E-state index in [1.807, 2.05) is 0 Å². The first kappa shape index (κ1) is 18.6. The highest BCUT2D eigenvalue weighted by molar-refractivity contribution is 7.89. The third-order valence-corrected chi connectivity index (χ3v) is 6.56. The summed E-state index contributed by atoms with van der Waals surface area (Å²) in [6, 6.07) is 12.7. The van der Waals surface area contributed by atoms with Gasteiger partial charge in [-0.25, -0.2) is 22.5 Å². The molecule has 4 rings (SSSR count). The molecule has 1 aliphatic heterocycles. The highest BCUT2D eigenvalue weighted by Crippen LogP contribution is 2.26. The van der Waals surface area contributed by atoms with Gasteiger partial charge in [-0.05, 0) is 30.2 Å². The predicted octanol–water partition coefficient (Wildman–Crippen LogP) is 2.31. The Labute approximate surface area is 162 Å². The summed E-state index contributed by atoms with van der Waals surface area (Å²) in [4.78, 5) is 4.14. The maximum absolute atomic E-state index is 13.3. The standard InChI is InChI=1S/C19H19FN4O3S/c20-16-5-3-6-17(10-16)27-18-8-9-24(12-18)28(25,26)19-7-2-1-4-15(19)11-23-14-21-13-22-23/h1-7,10,13-14,18H,8-9,11-12H2. The number of nitrogens with zero attached hydrogens (tertiary/aromatic N) is 4. The van der Waals surface area contributed by atoms with E-state index in [0.717, 1.165) is 0 Å². The second-order valence-corrected chi connectivity index (χ2v) is 8.46. The van der Waals surface area contributed by atoms with Crippen molar-refractivity contribution in [3.8, 4) is 5.75 Å². The van der Waals surface area contributed by atoms with Gasteiger partial charge in [-0.3, -0.25) is 0 Å². The molecular formula is C19H19FN4O3S. The van der Waals surface area contributed by atoms with Crippen LogP contribution in [0.2, 0.25) is 0 Å². The monoisotopic (exact) mass is 402 g/mol. The van der Waals surface area contributed by atoms with Gasteiger partial charge < -0.3 is 4.74 Å². The normalized spacial score (nSPS) is 17.7. The molecule has 0 radical (unpaired) electrons. The number of sulfonamides is 1. The van der Waals surface area contributed by atoms with Crippen LogP contribution in [0.25, 0.3) is 0 Å². The fourth-order valence-corrected chi connectivity index (χ4v) is 4.96. The van der Waals surface area contributed by atoms with Gasteiger partial charge in [-0.15, -0.1) is 0 Å². The molecule has 0 bridgehead atoms. The number of hydrogen-bond acceptors (Lipinski definition) is 5. The van der Waals surface area contributed by atoms with Crippen molar-refractivity contribution < 1.29 is 17.5 Å². The van der Waals surface area contributed by atoms with Crippen molar-refractivity contribution >= 4 is 10.0 Å². The zero-order chi connectivity index (χ0) is 19.6. The fourth-order valence-electron chi connectivity index (χ4n) is 3.26. The average molecular weight is 402 g/mol. The van der Waals surface area contributed by atoms with Crippen LogP contribution in [0.4, 0.5) is 4.39 Å². The Hall–Kier alpha value is -2.78. The minimum Gasteiger partial charge on any atom is -0.489 e. The molecule has 0 spiro atoms. The van der Waals surface area contributed by atoms with Crippen LogP contribution in [0.5, 0.6) is 5.75 Å². The molecule has 0 saturated carbocycles. The lowest BCUT2D eigenvalue weighted by Gasteiger charge is -2.19. The zero-order valence-electron chi connectivity index (χ0n) is 15.0. The molecule has 0 amide bonds. The molecule has 28 heavy (non-hydrogen) atoms. The van der Waals surface area contributed by atoms with E-state index in [1.165, 1.54) is 22.8 Å².